The number of hydrogen-bond donors (Lipinski definition) is 1. The van der Waals surface area contributed by atoms with E-state index in [-0.39, 0.29) is 5.97 Å². The predicted molar refractivity (Wildman–Crippen MR) is 79.4 cm³/mol. The van der Waals surface area contributed by atoms with Gasteiger partial charge in [0, 0.05) is 11.3 Å². The Kier molecular flexibility index (Phi) is 3.14. The van der Waals surface area contributed by atoms with Crippen LogP contribution in [-0.2, 0) is 11.2 Å². The number of esters is 1. The molecule has 1 aliphatic rings. The van der Waals surface area contributed by atoms with Gasteiger partial charge in [-0.25, -0.2) is 4.79 Å². The summed E-state index contributed by atoms with van der Waals surface area (Å²) in [4.78, 5) is 13.2. The number of nitrogen functional groups attached to an aromatic ring is 1. The number of methoxy groups -OCH3 is 1. The number of carbonyl (C=O) groups excluding carboxylic acids is 1. The van der Waals surface area contributed by atoms with Gasteiger partial charge in [-0.05, 0) is 41.8 Å². The minimum Gasteiger partial charge on any atom is -0.493 e. The number of thiophene rings is 1. The Morgan fingerprint density at radius 1 is 1.45 bits per heavy atom. The molecule has 4 nitrogen and oxygen atoms in total. The van der Waals surface area contributed by atoms with Crippen molar-refractivity contribution in [2.75, 3.05) is 19.5 Å². The Balaban J connectivity index is 2.08. The fourth-order valence-corrected chi connectivity index (χ4v) is 3.52. The lowest BCUT2D eigenvalue weighted by atomic mass is 10.0. The molecule has 104 valence electrons. The van der Waals surface area contributed by atoms with Crippen LogP contribution < -0.4 is 10.5 Å². The SMILES string of the molecule is COC(=O)c1sc(-c2ccc3c(c2)CCO3)c(C)c1N. The summed E-state index contributed by atoms with van der Waals surface area (Å²) >= 11 is 1.38. The molecule has 0 amide bonds. The van der Waals surface area contributed by atoms with Gasteiger partial charge in [-0.2, -0.15) is 0 Å². The Bertz CT molecular complexity index is 691. The highest BCUT2D eigenvalue weighted by molar-refractivity contribution is 7.18. The van der Waals surface area contributed by atoms with Gasteiger partial charge in [-0.1, -0.05) is 0 Å². The number of benzene rings is 1. The van der Waals surface area contributed by atoms with Gasteiger partial charge in [0.25, 0.3) is 0 Å². The Labute approximate surface area is 121 Å². The van der Waals surface area contributed by atoms with E-state index in [1.807, 2.05) is 19.1 Å². The molecule has 0 bridgehead atoms. The quantitative estimate of drug-likeness (QED) is 0.863. The zero-order valence-electron chi connectivity index (χ0n) is 11.4. The van der Waals surface area contributed by atoms with E-state index in [1.54, 1.807) is 0 Å². The molecule has 0 saturated carbocycles. The summed E-state index contributed by atoms with van der Waals surface area (Å²) in [5, 5.41) is 0. The van der Waals surface area contributed by atoms with E-state index in [2.05, 4.69) is 6.07 Å². The first-order valence-corrected chi connectivity index (χ1v) is 7.16. The molecule has 20 heavy (non-hydrogen) atoms. The first kappa shape index (κ1) is 13.0. The fraction of sp³-hybridized carbons (Fsp3) is 0.267. The van der Waals surface area contributed by atoms with Crippen LogP contribution >= 0.6 is 11.3 Å². The van der Waals surface area contributed by atoms with Crippen LogP contribution in [0, 0.1) is 6.92 Å². The zero-order chi connectivity index (χ0) is 14.3. The molecule has 1 aromatic carbocycles. The van der Waals surface area contributed by atoms with Crippen LogP contribution in [0.5, 0.6) is 5.75 Å². The lowest BCUT2D eigenvalue weighted by molar-refractivity contribution is 0.0607. The average Bonchev–Trinajstić information content (AvgIpc) is 3.03. The van der Waals surface area contributed by atoms with Gasteiger partial charge < -0.3 is 15.2 Å². The maximum Gasteiger partial charge on any atom is 0.350 e. The highest BCUT2D eigenvalue weighted by atomic mass is 32.1. The van der Waals surface area contributed by atoms with Gasteiger partial charge in [0.05, 0.1) is 19.4 Å². The molecule has 2 N–H and O–H groups in total. The van der Waals surface area contributed by atoms with Gasteiger partial charge in [0.1, 0.15) is 10.6 Å². The van der Waals surface area contributed by atoms with Crippen LogP contribution in [0.25, 0.3) is 10.4 Å². The molecule has 0 spiro atoms. The third-order valence-corrected chi connectivity index (χ3v) is 4.85. The lowest BCUT2D eigenvalue weighted by Gasteiger charge is -2.03. The number of hydrogen-bond acceptors (Lipinski definition) is 5. The van der Waals surface area contributed by atoms with Crippen LogP contribution in [-0.4, -0.2) is 19.7 Å². The van der Waals surface area contributed by atoms with Gasteiger partial charge >= 0.3 is 5.97 Å². The highest BCUT2D eigenvalue weighted by Gasteiger charge is 2.21. The van der Waals surface area contributed by atoms with Crippen molar-refractivity contribution in [3.05, 3.63) is 34.2 Å². The molecule has 0 aliphatic carbocycles. The van der Waals surface area contributed by atoms with E-state index in [9.17, 15) is 4.79 Å². The molecule has 1 aromatic heterocycles. The number of carbonyl (C=O) groups is 1. The van der Waals surface area contributed by atoms with E-state index >= 15 is 0 Å². The van der Waals surface area contributed by atoms with Gasteiger partial charge in [0.15, 0.2) is 0 Å². The van der Waals surface area contributed by atoms with E-state index < -0.39 is 0 Å². The first-order valence-electron chi connectivity index (χ1n) is 6.35. The zero-order valence-corrected chi connectivity index (χ0v) is 12.2. The topological polar surface area (TPSA) is 61.5 Å². The van der Waals surface area contributed by atoms with Crippen LogP contribution in [0.3, 0.4) is 0 Å². The number of fused-ring (bicyclic) bond motifs is 1. The molecule has 5 heteroatoms. The Morgan fingerprint density at radius 3 is 3.00 bits per heavy atom. The molecule has 3 rings (SSSR count). The molecular formula is C15H15NO3S. The maximum absolute atomic E-state index is 11.7. The van der Waals surface area contributed by atoms with Crippen molar-refractivity contribution >= 4 is 23.0 Å². The van der Waals surface area contributed by atoms with E-state index in [4.69, 9.17) is 15.2 Å². The second-order valence-electron chi connectivity index (χ2n) is 4.71. The highest BCUT2D eigenvalue weighted by Crippen LogP contribution is 2.40. The Morgan fingerprint density at radius 2 is 2.25 bits per heavy atom. The maximum atomic E-state index is 11.7. The molecule has 0 radical (unpaired) electrons. The summed E-state index contributed by atoms with van der Waals surface area (Å²) in [6.07, 6.45) is 0.924. The van der Waals surface area contributed by atoms with E-state index in [0.29, 0.717) is 10.6 Å². The van der Waals surface area contributed by atoms with Crippen molar-refractivity contribution in [1.29, 1.82) is 0 Å². The van der Waals surface area contributed by atoms with Crippen LogP contribution in [0.1, 0.15) is 20.8 Å². The third kappa shape index (κ3) is 1.94. The standard InChI is InChI=1S/C15H15NO3S/c1-8-12(16)14(15(17)18-2)20-13(8)10-3-4-11-9(7-10)5-6-19-11/h3-4,7H,5-6,16H2,1-2H3. The number of rotatable bonds is 2. The van der Waals surface area contributed by atoms with Crippen molar-refractivity contribution in [3.8, 4) is 16.2 Å². The van der Waals surface area contributed by atoms with Crippen molar-refractivity contribution < 1.29 is 14.3 Å². The second kappa shape index (κ2) is 4.83. The molecule has 2 aromatic rings. The summed E-state index contributed by atoms with van der Waals surface area (Å²) in [5.41, 5.74) is 9.72. The summed E-state index contributed by atoms with van der Waals surface area (Å²) in [6, 6.07) is 6.09. The molecule has 2 heterocycles. The number of nitrogens with two attached hydrogens (primary N) is 1. The van der Waals surface area contributed by atoms with E-state index in [1.165, 1.54) is 24.0 Å². The molecule has 0 fully saturated rings. The summed E-state index contributed by atoms with van der Waals surface area (Å²) in [6.45, 7) is 2.66. The van der Waals surface area contributed by atoms with E-state index in [0.717, 1.165) is 34.8 Å². The fourth-order valence-electron chi connectivity index (χ4n) is 2.37. The average molecular weight is 289 g/mol. The second-order valence-corrected chi connectivity index (χ2v) is 5.73. The minimum atomic E-state index is -0.383. The van der Waals surface area contributed by atoms with Crippen LogP contribution in [0.15, 0.2) is 18.2 Å². The third-order valence-electron chi connectivity index (χ3n) is 3.52. The predicted octanol–water partition coefficient (Wildman–Crippen LogP) is 3.03. The molecular weight excluding hydrogens is 274 g/mol. The normalized spacial score (nSPS) is 12.9. The van der Waals surface area contributed by atoms with Crippen molar-refractivity contribution in [1.82, 2.24) is 0 Å². The van der Waals surface area contributed by atoms with Crippen LogP contribution in [0.2, 0.25) is 0 Å². The largest absolute Gasteiger partial charge is 0.493 e. The number of ether oxygens (including phenoxy) is 2. The van der Waals surface area contributed by atoms with Crippen molar-refractivity contribution in [2.24, 2.45) is 0 Å². The molecule has 0 unspecified atom stereocenters. The van der Waals surface area contributed by atoms with Crippen LogP contribution in [0.4, 0.5) is 5.69 Å². The smallest absolute Gasteiger partial charge is 0.350 e. The molecule has 1 aliphatic heterocycles. The lowest BCUT2D eigenvalue weighted by Crippen LogP contribution is -2.01. The van der Waals surface area contributed by atoms with Gasteiger partial charge in [-0.15, -0.1) is 11.3 Å². The summed E-state index contributed by atoms with van der Waals surface area (Å²) in [7, 11) is 1.36. The first-order chi connectivity index (χ1) is 9.61. The summed E-state index contributed by atoms with van der Waals surface area (Å²) in [5.74, 6) is 0.565. The van der Waals surface area contributed by atoms with Gasteiger partial charge in [0.2, 0.25) is 0 Å². The monoisotopic (exact) mass is 289 g/mol. The van der Waals surface area contributed by atoms with Crippen molar-refractivity contribution in [3.63, 3.8) is 0 Å². The van der Waals surface area contributed by atoms with Crippen molar-refractivity contribution in [2.45, 2.75) is 13.3 Å². The molecule has 0 atom stereocenters. The number of anilines is 1. The Hall–Kier alpha value is -2.01. The minimum absolute atomic E-state index is 0.383. The summed E-state index contributed by atoms with van der Waals surface area (Å²) < 4.78 is 10.3. The molecule has 0 saturated heterocycles. The van der Waals surface area contributed by atoms with Gasteiger partial charge in [-0.3, -0.25) is 0 Å².